The van der Waals surface area contributed by atoms with E-state index in [-0.39, 0.29) is 54.3 Å². The predicted molar refractivity (Wildman–Crippen MR) is 138 cm³/mol. The highest BCUT2D eigenvalue weighted by Gasteiger charge is 2.73. The van der Waals surface area contributed by atoms with Crippen LogP contribution in [0.1, 0.15) is 87.0 Å². The third-order valence-electron chi connectivity index (χ3n) is 11.5. The molecule has 4 aliphatic carbocycles. The van der Waals surface area contributed by atoms with Gasteiger partial charge in [-0.25, -0.2) is 0 Å². The minimum atomic E-state index is -1.39. The standard InChI is InChI=1S/C30H42O8/c1-14(10-16(31)11-15(2)26(37)38)17-12-21(34)30(7)22-18(32)13-19-27(3,4)20(33)8-9-28(19,5)23(22)24(35)25(36)29(17,30)6/h14-15,17,19-21,33-34H,8-13H2,1-7H3,(H,37,38)/t14-,15-,17-,19+,20+,21?,28+,29+,30+/m1/s1. The number of hydrogen-bond donors (Lipinski definition) is 3. The second-order valence-electron chi connectivity index (χ2n) is 13.8. The lowest BCUT2D eigenvalue weighted by molar-refractivity contribution is -0.156. The van der Waals surface area contributed by atoms with Crippen LogP contribution >= 0.6 is 0 Å². The summed E-state index contributed by atoms with van der Waals surface area (Å²) in [6.45, 7) is 12.4. The average Bonchev–Trinajstić information content (AvgIpc) is 3.03. The smallest absolute Gasteiger partial charge is 0.306 e. The number of carboxylic acid groups (broad SMARTS) is 1. The molecule has 0 aliphatic heterocycles. The largest absolute Gasteiger partial charge is 0.481 e. The van der Waals surface area contributed by atoms with E-state index in [9.17, 15) is 39.3 Å². The number of fused-ring (bicyclic) bond motifs is 4. The minimum Gasteiger partial charge on any atom is -0.481 e. The van der Waals surface area contributed by atoms with Crippen LogP contribution in [0.5, 0.6) is 0 Å². The number of carboxylic acids is 1. The van der Waals surface area contributed by atoms with Crippen LogP contribution in [0.2, 0.25) is 0 Å². The van der Waals surface area contributed by atoms with Gasteiger partial charge in [0.05, 0.1) is 18.1 Å². The second kappa shape index (κ2) is 8.91. The molecule has 4 rings (SSSR count). The molecule has 2 saturated carbocycles. The maximum Gasteiger partial charge on any atom is 0.306 e. The number of carbonyl (C=O) groups excluding carboxylic acids is 4. The van der Waals surface area contributed by atoms with E-state index in [0.717, 1.165) is 0 Å². The zero-order valence-corrected chi connectivity index (χ0v) is 23.6. The summed E-state index contributed by atoms with van der Waals surface area (Å²) in [5.74, 6) is -4.97. The number of aliphatic carboxylic acids is 1. The molecular formula is C30H42O8. The van der Waals surface area contributed by atoms with Crippen molar-refractivity contribution in [2.24, 2.45) is 45.3 Å². The first-order valence-electron chi connectivity index (χ1n) is 13.8. The molecule has 0 aromatic carbocycles. The van der Waals surface area contributed by atoms with Gasteiger partial charge in [0, 0.05) is 46.7 Å². The molecule has 0 saturated heterocycles. The van der Waals surface area contributed by atoms with E-state index in [1.54, 1.807) is 20.8 Å². The molecule has 0 aromatic heterocycles. The van der Waals surface area contributed by atoms with Crippen LogP contribution in [0.15, 0.2) is 11.1 Å². The fourth-order valence-electron chi connectivity index (χ4n) is 8.90. The summed E-state index contributed by atoms with van der Waals surface area (Å²) in [6.07, 6.45) is -0.616. The van der Waals surface area contributed by atoms with Gasteiger partial charge in [-0.2, -0.15) is 0 Å². The van der Waals surface area contributed by atoms with E-state index in [1.165, 1.54) is 6.92 Å². The molecule has 38 heavy (non-hydrogen) atoms. The zero-order valence-electron chi connectivity index (χ0n) is 23.6. The summed E-state index contributed by atoms with van der Waals surface area (Å²) in [5.41, 5.74) is -3.61. The summed E-state index contributed by atoms with van der Waals surface area (Å²) < 4.78 is 0. The van der Waals surface area contributed by atoms with Crippen molar-refractivity contribution >= 4 is 29.1 Å². The Morgan fingerprint density at radius 2 is 1.53 bits per heavy atom. The highest BCUT2D eigenvalue weighted by atomic mass is 16.4. The average molecular weight is 531 g/mol. The van der Waals surface area contributed by atoms with Crippen molar-refractivity contribution in [3.8, 4) is 0 Å². The van der Waals surface area contributed by atoms with Crippen LogP contribution < -0.4 is 0 Å². The number of aliphatic hydroxyl groups excluding tert-OH is 2. The fraction of sp³-hybridized carbons (Fsp3) is 0.767. The minimum absolute atomic E-state index is 0.0217. The molecule has 0 heterocycles. The van der Waals surface area contributed by atoms with Gasteiger partial charge in [-0.1, -0.05) is 48.5 Å². The van der Waals surface area contributed by atoms with Gasteiger partial charge >= 0.3 is 5.97 Å². The van der Waals surface area contributed by atoms with Crippen LogP contribution in [-0.2, 0) is 24.0 Å². The molecule has 0 aromatic rings. The van der Waals surface area contributed by atoms with Crippen molar-refractivity contribution in [3.63, 3.8) is 0 Å². The molecule has 210 valence electrons. The molecule has 0 bridgehead atoms. The van der Waals surface area contributed by atoms with Crippen LogP contribution in [0, 0.1) is 45.3 Å². The molecule has 8 heteroatoms. The number of allylic oxidation sites excluding steroid dienone is 1. The molecule has 9 atom stereocenters. The zero-order chi connectivity index (χ0) is 28.7. The van der Waals surface area contributed by atoms with Gasteiger partial charge in [0.2, 0.25) is 11.6 Å². The highest BCUT2D eigenvalue weighted by molar-refractivity contribution is 6.48. The summed E-state index contributed by atoms with van der Waals surface area (Å²) in [5, 5.41) is 31.5. The lowest BCUT2D eigenvalue weighted by atomic mass is 9.42. The molecule has 3 N–H and O–H groups in total. The molecule has 8 nitrogen and oxygen atoms in total. The van der Waals surface area contributed by atoms with E-state index in [2.05, 4.69) is 0 Å². The fourth-order valence-corrected chi connectivity index (χ4v) is 8.90. The maximum absolute atomic E-state index is 14.1. The Bertz CT molecular complexity index is 1150. The molecule has 0 radical (unpaired) electrons. The van der Waals surface area contributed by atoms with E-state index >= 15 is 0 Å². The van der Waals surface area contributed by atoms with E-state index in [1.807, 2.05) is 20.8 Å². The number of ketones is 4. The Morgan fingerprint density at radius 3 is 2.11 bits per heavy atom. The van der Waals surface area contributed by atoms with Crippen molar-refractivity contribution in [2.45, 2.75) is 99.2 Å². The SMILES string of the molecule is C[C@H](CC(=O)C[C@@H](C)[C@H]1CC(O)[C@@]2(C)C3=C(C(=O)C(=O)[C@]12C)[C@@]1(C)CC[C@H](O)C(C)(C)[C@@H]1CC3=O)C(=O)O. The van der Waals surface area contributed by atoms with Crippen LogP contribution in [0.25, 0.3) is 0 Å². The summed E-state index contributed by atoms with van der Waals surface area (Å²) in [4.78, 5) is 66.0. The number of carbonyl (C=O) groups is 5. The first-order valence-corrected chi connectivity index (χ1v) is 13.8. The van der Waals surface area contributed by atoms with Crippen LogP contribution in [-0.4, -0.2) is 56.6 Å². The Kier molecular flexibility index (Phi) is 6.76. The van der Waals surface area contributed by atoms with Crippen LogP contribution in [0.3, 0.4) is 0 Å². The van der Waals surface area contributed by atoms with E-state index in [4.69, 9.17) is 0 Å². The van der Waals surface area contributed by atoms with Crippen molar-refractivity contribution in [2.75, 3.05) is 0 Å². The molecule has 1 unspecified atom stereocenters. The van der Waals surface area contributed by atoms with Crippen molar-refractivity contribution in [1.82, 2.24) is 0 Å². The highest BCUT2D eigenvalue weighted by Crippen LogP contribution is 2.70. The van der Waals surface area contributed by atoms with Crippen molar-refractivity contribution < 1.29 is 39.3 Å². The molecular weight excluding hydrogens is 488 g/mol. The van der Waals surface area contributed by atoms with Crippen molar-refractivity contribution in [1.29, 1.82) is 0 Å². The third-order valence-corrected chi connectivity index (χ3v) is 11.5. The molecule has 4 aliphatic rings. The predicted octanol–water partition coefficient (Wildman–Crippen LogP) is 3.31. The number of hydrogen-bond acceptors (Lipinski definition) is 7. The van der Waals surface area contributed by atoms with Crippen molar-refractivity contribution in [3.05, 3.63) is 11.1 Å². The molecule has 0 spiro atoms. The molecule has 2 fully saturated rings. The third kappa shape index (κ3) is 3.58. The van der Waals surface area contributed by atoms with Crippen LogP contribution in [0.4, 0.5) is 0 Å². The second-order valence-corrected chi connectivity index (χ2v) is 13.8. The van der Waals surface area contributed by atoms with Gasteiger partial charge in [0.1, 0.15) is 5.78 Å². The Hall–Kier alpha value is -2.19. The maximum atomic E-state index is 14.1. The van der Waals surface area contributed by atoms with E-state index in [0.29, 0.717) is 12.8 Å². The quantitative estimate of drug-likeness (QED) is 0.443. The first kappa shape index (κ1) is 28.8. The van der Waals surface area contributed by atoms with Gasteiger partial charge in [0.15, 0.2) is 5.78 Å². The van der Waals surface area contributed by atoms with Gasteiger partial charge in [-0.15, -0.1) is 0 Å². The lowest BCUT2D eigenvalue weighted by Gasteiger charge is -2.60. The number of Topliss-reactive ketones (excluding diaryl/α,β-unsaturated/α-hetero) is 4. The Balaban J connectivity index is 1.80. The lowest BCUT2D eigenvalue weighted by Crippen LogP contribution is -2.63. The van der Waals surface area contributed by atoms with Gasteiger partial charge < -0.3 is 15.3 Å². The first-order chi connectivity index (χ1) is 17.4. The van der Waals surface area contributed by atoms with E-state index < -0.39 is 69.2 Å². The normalized spacial score (nSPS) is 41.8. The molecule has 0 amide bonds. The summed E-state index contributed by atoms with van der Waals surface area (Å²) >= 11 is 0. The Morgan fingerprint density at radius 1 is 0.921 bits per heavy atom. The Labute approximate surface area is 224 Å². The topological polar surface area (TPSA) is 146 Å². The monoisotopic (exact) mass is 530 g/mol. The number of aliphatic hydroxyl groups is 2. The number of rotatable bonds is 6. The summed E-state index contributed by atoms with van der Waals surface area (Å²) in [6, 6.07) is 0. The summed E-state index contributed by atoms with van der Waals surface area (Å²) in [7, 11) is 0. The van der Waals surface area contributed by atoms with Gasteiger partial charge in [0.25, 0.3) is 0 Å². The van der Waals surface area contributed by atoms with Gasteiger partial charge in [-0.3, -0.25) is 24.0 Å². The van der Waals surface area contributed by atoms with Gasteiger partial charge in [-0.05, 0) is 42.4 Å².